The van der Waals surface area contributed by atoms with Gasteiger partial charge in [-0.15, -0.1) is 0 Å². The number of nitrogens with zero attached hydrogens (tertiary/aromatic N) is 2. The molecule has 0 saturated carbocycles. The van der Waals surface area contributed by atoms with Crippen molar-refractivity contribution in [1.82, 2.24) is 4.90 Å². The standard InChI is InChI=1S/C9H14N2O2S/c1-2-3-4-5-11-8(6-10-13)7-14-9(11)12/h2-3,6,8,13H,4-5,7H2,1H3/b3-2+,10-6+. The molecule has 0 spiro atoms. The second-order valence-electron chi connectivity index (χ2n) is 2.96. The Labute approximate surface area is 87.7 Å². The van der Waals surface area contributed by atoms with Crippen molar-refractivity contribution < 1.29 is 10.0 Å². The van der Waals surface area contributed by atoms with E-state index in [9.17, 15) is 4.79 Å². The number of carbonyl (C=O) groups is 1. The van der Waals surface area contributed by atoms with E-state index in [2.05, 4.69) is 5.16 Å². The van der Waals surface area contributed by atoms with E-state index in [1.54, 1.807) is 4.90 Å². The molecule has 14 heavy (non-hydrogen) atoms. The van der Waals surface area contributed by atoms with Crippen LogP contribution in [0.1, 0.15) is 13.3 Å². The van der Waals surface area contributed by atoms with Gasteiger partial charge in [-0.3, -0.25) is 4.79 Å². The number of carbonyl (C=O) groups excluding carboxylic acids is 1. The van der Waals surface area contributed by atoms with Crippen molar-refractivity contribution in [1.29, 1.82) is 0 Å². The van der Waals surface area contributed by atoms with Gasteiger partial charge in [0.25, 0.3) is 5.24 Å². The molecule has 0 aromatic carbocycles. The Bertz CT molecular complexity index is 253. The van der Waals surface area contributed by atoms with Crippen LogP contribution in [0.15, 0.2) is 17.3 Å². The Morgan fingerprint density at radius 3 is 3.21 bits per heavy atom. The van der Waals surface area contributed by atoms with Crippen LogP contribution in [0.25, 0.3) is 0 Å². The summed E-state index contributed by atoms with van der Waals surface area (Å²) >= 11 is 1.27. The highest BCUT2D eigenvalue weighted by Gasteiger charge is 2.29. The van der Waals surface area contributed by atoms with Crippen LogP contribution in [-0.2, 0) is 0 Å². The van der Waals surface area contributed by atoms with Crippen LogP contribution in [0, 0.1) is 0 Å². The van der Waals surface area contributed by atoms with Gasteiger partial charge >= 0.3 is 0 Å². The molecule has 5 heteroatoms. The summed E-state index contributed by atoms with van der Waals surface area (Å²) in [7, 11) is 0. The number of oxime groups is 1. The molecule has 1 rings (SSSR count). The number of rotatable bonds is 4. The second kappa shape index (κ2) is 5.70. The van der Waals surface area contributed by atoms with Gasteiger partial charge in [-0.1, -0.05) is 29.1 Å². The Hall–Kier alpha value is -0.970. The smallest absolute Gasteiger partial charge is 0.282 e. The summed E-state index contributed by atoms with van der Waals surface area (Å²) in [6.45, 7) is 2.64. The second-order valence-corrected chi connectivity index (χ2v) is 3.93. The predicted molar refractivity (Wildman–Crippen MR) is 58.1 cm³/mol. The van der Waals surface area contributed by atoms with Crippen LogP contribution in [-0.4, -0.2) is 39.9 Å². The lowest BCUT2D eigenvalue weighted by Crippen LogP contribution is -2.35. The monoisotopic (exact) mass is 214 g/mol. The lowest BCUT2D eigenvalue weighted by atomic mass is 10.3. The summed E-state index contributed by atoms with van der Waals surface area (Å²) in [5.74, 6) is 0.679. The summed E-state index contributed by atoms with van der Waals surface area (Å²) < 4.78 is 0. The molecular formula is C9H14N2O2S. The zero-order valence-electron chi connectivity index (χ0n) is 8.09. The Morgan fingerprint density at radius 1 is 1.79 bits per heavy atom. The quantitative estimate of drug-likeness (QED) is 0.337. The summed E-state index contributed by atoms with van der Waals surface area (Å²) in [5, 5.41) is 11.5. The highest BCUT2D eigenvalue weighted by molar-refractivity contribution is 8.13. The van der Waals surface area contributed by atoms with Crippen molar-refractivity contribution in [2.75, 3.05) is 12.3 Å². The van der Waals surface area contributed by atoms with Crippen LogP contribution < -0.4 is 0 Å². The van der Waals surface area contributed by atoms with E-state index in [-0.39, 0.29) is 11.3 Å². The first-order valence-electron chi connectivity index (χ1n) is 4.51. The van der Waals surface area contributed by atoms with E-state index >= 15 is 0 Å². The number of amides is 1. The molecule has 1 atom stereocenters. The predicted octanol–water partition coefficient (Wildman–Crippen LogP) is 1.95. The molecule has 1 aliphatic heterocycles. The molecule has 0 aromatic heterocycles. The molecule has 0 radical (unpaired) electrons. The molecule has 78 valence electrons. The molecule has 1 unspecified atom stereocenters. The van der Waals surface area contributed by atoms with E-state index < -0.39 is 0 Å². The maximum atomic E-state index is 11.4. The zero-order valence-corrected chi connectivity index (χ0v) is 8.91. The topological polar surface area (TPSA) is 52.9 Å². The van der Waals surface area contributed by atoms with Crippen LogP contribution in [0.2, 0.25) is 0 Å². The first-order valence-corrected chi connectivity index (χ1v) is 5.50. The minimum absolute atomic E-state index is 0.0530. The van der Waals surface area contributed by atoms with Crippen molar-refractivity contribution in [3.63, 3.8) is 0 Å². The SMILES string of the molecule is C/C=C/CCN1C(=O)SCC1/C=N/O. The van der Waals surface area contributed by atoms with Gasteiger partial charge in [0.15, 0.2) is 0 Å². The maximum absolute atomic E-state index is 11.4. The van der Waals surface area contributed by atoms with E-state index in [4.69, 9.17) is 5.21 Å². The average molecular weight is 214 g/mol. The van der Waals surface area contributed by atoms with Crippen LogP contribution >= 0.6 is 11.8 Å². The molecule has 1 N–H and O–H groups in total. The fourth-order valence-corrected chi connectivity index (χ4v) is 2.27. The molecule has 4 nitrogen and oxygen atoms in total. The first-order chi connectivity index (χ1) is 6.79. The van der Waals surface area contributed by atoms with E-state index in [1.165, 1.54) is 18.0 Å². The van der Waals surface area contributed by atoms with Crippen LogP contribution in [0.4, 0.5) is 4.79 Å². The lowest BCUT2D eigenvalue weighted by molar-refractivity contribution is 0.223. The van der Waals surface area contributed by atoms with Gasteiger partial charge in [-0.25, -0.2) is 0 Å². The normalized spacial score (nSPS) is 23.1. The molecule has 1 amide bonds. The number of allylic oxidation sites excluding steroid dienone is 1. The molecular weight excluding hydrogens is 200 g/mol. The average Bonchev–Trinajstić information content (AvgIpc) is 2.50. The first kappa shape index (κ1) is 11.1. The van der Waals surface area contributed by atoms with Gasteiger partial charge in [0.2, 0.25) is 0 Å². The Kier molecular flexibility index (Phi) is 4.52. The maximum Gasteiger partial charge on any atom is 0.282 e. The third-order valence-electron chi connectivity index (χ3n) is 2.02. The molecule has 0 aliphatic carbocycles. The summed E-state index contributed by atoms with van der Waals surface area (Å²) in [6.07, 6.45) is 6.23. The summed E-state index contributed by atoms with van der Waals surface area (Å²) in [4.78, 5) is 13.1. The molecule has 1 aliphatic rings. The van der Waals surface area contributed by atoms with Crippen LogP contribution in [0.5, 0.6) is 0 Å². The number of hydrogen-bond donors (Lipinski definition) is 1. The van der Waals surface area contributed by atoms with Gasteiger partial charge in [-0.2, -0.15) is 0 Å². The highest BCUT2D eigenvalue weighted by Crippen LogP contribution is 2.22. The van der Waals surface area contributed by atoms with Crippen molar-refractivity contribution in [3.8, 4) is 0 Å². The minimum Gasteiger partial charge on any atom is -0.411 e. The minimum atomic E-state index is -0.0530. The Balaban J connectivity index is 2.49. The third-order valence-corrected chi connectivity index (χ3v) is 3.01. The van der Waals surface area contributed by atoms with Gasteiger partial charge in [0, 0.05) is 12.3 Å². The Morgan fingerprint density at radius 2 is 2.57 bits per heavy atom. The molecule has 1 heterocycles. The van der Waals surface area contributed by atoms with Gasteiger partial charge < -0.3 is 10.1 Å². The third kappa shape index (κ3) is 2.77. The van der Waals surface area contributed by atoms with Crippen molar-refractivity contribution in [2.24, 2.45) is 5.16 Å². The largest absolute Gasteiger partial charge is 0.411 e. The van der Waals surface area contributed by atoms with Crippen LogP contribution in [0.3, 0.4) is 0 Å². The summed E-state index contributed by atoms with van der Waals surface area (Å²) in [5.41, 5.74) is 0. The molecule has 1 fully saturated rings. The molecule has 1 saturated heterocycles. The van der Waals surface area contributed by atoms with E-state index in [0.717, 1.165) is 6.42 Å². The van der Waals surface area contributed by atoms with Gasteiger partial charge in [0.05, 0.1) is 12.3 Å². The zero-order chi connectivity index (χ0) is 10.4. The van der Waals surface area contributed by atoms with Gasteiger partial charge in [0.1, 0.15) is 0 Å². The molecule has 0 aromatic rings. The lowest BCUT2D eigenvalue weighted by Gasteiger charge is -2.19. The van der Waals surface area contributed by atoms with Crippen molar-refractivity contribution in [2.45, 2.75) is 19.4 Å². The number of hydrogen-bond acceptors (Lipinski definition) is 4. The summed E-state index contributed by atoms with van der Waals surface area (Å²) in [6, 6.07) is -0.0530. The highest BCUT2D eigenvalue weighted by atomic mass is 32.2. The van der Waals surface area contributed by atoms with Crippen molar-refractivity contribution >= 4 is 23.2 Å². The van der Waals surface area contributed by atoms with E-state index in [0.29, 0.717) is 12.3 Å². The fraction of sp³-hybridized carbons (Fsp3) is 0.556. The molecule has 0 bridgehead atoms. The number of thioether (sulfide) groups is 1. The van der Waals surface area contributed by atoms with Gasteiger partial charge in [-0.05, 0) is 13.3 Å². The fourth-order valence-electron chi connectivity index (χ4n) is 1.30. The van der Waals surface area contributed by atoms with E-state index in [1.807, 2.05) is 19.1 Å². The van der Waals surface area contributed by atoms with Crippen molar-refractivity contribution in [3.05, 3.63) is 12.2 Å².